The van der Waals surface area contributed by atoms with Gasteiger partial charge in [-0.2, -0.15) is 0 Å². The summed E-state index contributed by atoms with van der Waals surface area (Å²) in [7, 11) is 0.717. The first-order valence-corrected chi connectivity index (χ1v) is 7.33. The lowest BCUT2D eigenvalue weighted by Gasteiger charge is -2.40. The van der Waals surface area contributed by atoms with Crippen molar-refractivity contribution in [1.29, 1.82) is 0 Å². The number of halogens is 1. The first-order chi connectivity index (χ1) is 7.78. The zero-order chi connectivity index (χ0) is 13.1. The molecule has 0 heterocycles. The third kappa shape index (κ3) is 3.91. The molecule has 0 spiro atoms. The van der Waals surface area contributed by atoms with Crippen molar-refractivity contribution in [2.75, 3.05) is 0 Å². The van der Waals surface area contributed by atoms with E-state index in [0.29, 0.717) is 17.1 Å². The Balaban J connectivity index is 2.67. The number of rotatable bonds is 5. The van der Waals surface area contributed by atoms with Gasteiger partial charge in [-0.05, 0) is 45.4 Å². The van der Waals surface area contributed by atoms with Gasteiger partial charge in [-0.25, -0.2) is 0 Å². The topological polar surface area (TPSA) is 18.5 Å². The van der Waals surface area contributed by atoms with Gasteiger partial charge in [0.05, 0.1) is 17.8 Å². The first kappa shape index (κ1) is 14.9. The molecule has 0 aliphatic heterocycles. The maximum absolute atomic E-state index is 6.00. The van der Waals surface area contributed by atoms with E-state index in [-0.39, 0.29) is 11.2 Å². The van der Waals surface area contributed by atoms with E-state index in [2.05, 4.69) is 55.8 Å². The summed E-state index contributed by atoms with van der Waals surface area (Å²) >= 11 is 3.46. The fraction of sp³-hybridized carbons (Fsp3) is 0.538. The third-order valence-corrected chi connectivity index (χ3v) is 4.96. The van der Waals surface area contributed by atoms with Gasteiger partial charge in [-0.3, -0.25) is 0 Å². The molecule has 0 amide bonds. The van der Waals surface area contributed by atoms with Crippen LogP contribution in [0.15, 0.2) is 28.7 Å². The molecule has 0 aromatic heterocycles. The molecule has 1 aromatic rings. The molecule has 0 aliphatic rings. The van der Waals surface area contributed by atoms with Gasteiger partial charge < -0.3 is 9.16 Å². The lowest BCUT2D eigenvalue weighted by atomic mass is 9.89. The summed E-state index contributed by atoms with van der Waals surface area (Å²) in [4.78, 5) is 0. The zero-order valence-electron chi connectivity index (χ0n) is 11.2. The van der Waals surface area contributed by atoms with E-state index in [9.17, 15) is 0 Å². The lowest BCUT2D eigenvalue weighted by molar-refractivity contribution is -0.139. The number of hydrogen-bond acceptors (Lipinski definition) is 2. The Morgan fingerprint density at radius 3 is 2.35 bits per heavy atom. The maximum atomic E-state index is 6.00. The van der Waals surface area contributed by atoms with Crippen molar-refractivity contribution >= 4 is 26.4 Å². The molecule has 17 heavy (non-hydrogen) atoms. The molecule has 2 nitrogen and oxygen atoms in total. The molecule has 1 rings (SSSR count). The second kappa shape index (κ2) is 5.65. The minimum atomic E-state index is -0.308. The van der Waals surface area contributed by atoms with Crippen LogP contribution < -0.4 is 0 Å². The summed E-state index contributed by atoms with van der Waals surface area (Å²) in [5, 5.41) is 0. The van der Waals surface area contributed by atoms with Gasteiger partial charge >= 0.3 is 0 Å². The summed E-state index contributed by atoms with van der Waals surface area (Å²) in [6.45, 7) is 8.88. The normalized spacial score (nSPS) is 13.0. The number of hydrogen-bond donors (Lipinski definition) is 0. The SMILES string of the molecule is CC(C)(O[SiH3])C(C)(C)OCc1cccc(Br)c1. The predicted molar refractivity (Wildman–Crippen MR) is 78.1 cm³/mol. The van der Waals surface area contributed by atoms with E-state index in [0.717, 1.165) is 10.0 Å². The number of benzene rings is 1. The molecule has 0 saturated heterocycles. The van der Waals surface area contributed by atoms with E-state index in [1.54, 1.807) is 0 Å². The molecule has 0 saturated carbocycles. The molecule has 1 aromatic carbocycles. The Morgan fingerprint density at radius 1 is 1.18 bits per heavy atom. The summed E-state index contributed by atoms with van der Waals surface area (Å²) in [5.41, 5.74) is 0.596. The fourth-order valence-corrected chi connectivity index (χ4v) is 2.25. The molecular formula is C13H21BrO2Si. The minimum absolute atomic E-state index is 0.259. The number of ether oxygens (including phenoxy) is 1. The van der Waals surface area contributed by atoms with Crippen molar-refractivity contribution in [1.82, 2.24) is 0 Å². The van der Waals surface area contributed by atoms with Gasteiger partial charge in [0.15, 0.2) is 0 Å². The molecule has 0 radical (unpaired) electrons. The molecule has 96 valence electrons. The van der Waals surface area contributed by atoms with E-state index in [1.807, 2.05) is 12.1 Å². The van der Waals surface area contributed by atoms with Crippen molar-refractivity contribution in [2.45, 2.75) is 45.5 Å². The highest BCUT2D eigenvalue weighted by Gasteiger charge is 2.37. The Hall–Kier alpha value is -0.163. The van der Waals surface area contributed by atoms with Crippen LogP contribution >= 0.6 is 15.9 Å². The van der Waals surface area contributed by atoms with E-state index < -0.39 is 0 Å². The Bertz CT molecular complexity index is 377. The lowest BCUT2D eigenvalue weighted by Crippen LogP contribution is -2.48. The van der Waals surface area contributed by atoms with Crippen LogP contribution in [0.25, 0.3) is 0 Å². The van der Waals surface area contributed by atoms with Crippen LogP contribution in [0.4, 0.5) is 0 Å². The molecule has 0 atom stereocenters. The van der Waals surface area contributed by atoms with E-state index in [1.165, 1.54) is 0 Å². The largest absolute Gasteiger partial charge is 0.420 e. The van der Waals surface area contributed by atoms with Crippen LogP contribution in [0, 0.1) is 0 Å². The van der Waals surface area contributed by atoms with Crippen LogP contribution in [0.1, 0.15) is 33.3 Å². The van der Waals surface area contributed by atoms with Crippen molar-refractivity contribution in [3.05, 3.63) is 34.3 Å². The van der Waals surface area contributed by atoms with Gasteiger partial charge in [-0.15, -0.1) is 0 Å². The Labute approximate surface area is 115 Å². The van der Waals surface area contributed by atoms with Crippen molar-refractivity contribution in [3.8, 4) is 0 Å². The van der Waals surface area contributed by atoms with Crippen LogP contribution in [0.2, 0.25) is 0 Å². The second-order valence-electron chi connectivity index (χ2n) is 5.14. The van der Waals surface area contributed by atoms with E-state index >= 15 is 0 Å². The second-order valence-corrected chi connectivity index (χ2v) is 6.47. The zero-order valence-corrected chi connectivity index (χ0v) is 14.8. The molecule has 0 N–H and O–H groups in total. The van der Waals surface area contributed by atoms with Crippen LogP contribution in [-0.4, -0.2) is 21.7 Å². The smallest absolute Gasteiger partial charge is 0.146 e. The molecule has 4 heteroatoms. The Kier molecular flexibility index (Phi) is 4.95. The molecule has 0 fully saturated rings. The van der Waals surface area contributed by atoms with E-state index in [4.69, 9.17) is 9.16 Å². The van der Waals surface area contributed by atoms with Gasteiger partial charge in [0.25, 0.3) is 0 Å². The summed E-state index contributed by atoms with van der Waals surface area (Å²) in [6, 6.07) is 8.17. The van der Waals surface area contributed by atoms with Gasteiger partial charge in [0.2, 0.25) is 0 Å². The van der Waals surface area contributed by atoms with Gasteiger partial charge in [0, 0.05) is 4.47 Å². The molecule has 0 unspecified atom stereocenters. The van der Waals surface area contributed by atoms with Crippen LogP contribution in [0.3, 0.4) is 0 Å². The highest BCUT2D eigenvalue weighted by atomic mass is 79.9. The molecule has 0 aliphatic carbocycles. The average Bonchev–Trinajstić information content (AvgIpc) is 2.26. The monoisotopic (exact) mass is 316 g/mol. The summed E-state index contributed by atoms with van der Waals surface area (Å²) in [6.07, 6.45) is 0. The fourth-order valence-electron chi connectivity index (χ4n) is 1.31. The maximum Gasteiger partial charge on any atom is 0.146 e. The van der Waals surface area contributed by atoms with Gasteiger partial charge in [-0.1, -0.05) is 28.1 Å². The van der Waals surface area contributed by atoms with Crippen molar-refractivity contribution in [2.24, 2.45) is 0 Å². The average molecular weight is 317 g/mol. The Morgan fingerprint density at radius 2 is 1.82 bits per heavy atom. The standard InChI is InChI=1S/C13H21BrO2Si/c1-12(2,13(3,4)16-17)15-9-10-6-5-7-11(14)8-10/h5-8H,9H2,1-4,17H3. The predicted octanol–water partition coefficient (Wildman–Crippen LogP) is 2.82. The van der Waals surface area contributed by atoms with Gasteiger partial charge in [0.1, 0.15) is 10.5 Å². The highest BCUT2D eigenvalue weighted by molar-refractivity contribution is 9.10. The van der Waals surface area contributed by atoms with Crippen molar-refractivity contribution in [3.63, 3.8) is 0 Å². The molecule has 0 bridgehead atoms. The summed E-state index contributed by atoms with van der Waals surface area (Å²) in [5.74, 6) is 0. The molecular weight excluding hydrogens is 296 g/mol. The quantitative estimate of drug-likeness (QED) is 0.778. The van der Waals surface area contributed by atoms with Crippen molar-refractivity contribution < 1.29 is 9.16 Å². The van der Waals surface area contributed by atoms with Crippen LogP contribution in [0.5, 0.6) is 0 Å². The highest BCUT2D eigenvalue weighted by Crippen LogP contribution is 2.29. The summed E-state index contributed by atoms with van der Waals surface area (Å²) < 4.78 is 12.7. The third-order valence-electron chi connectivity index (χ3n) is 3.45. The minimum Gasteiger partial charge on any atom is -0.420 e. The first-order valence-electron chi connectivity index (χ1n) is 5.72. The van der Waals surface area contributed by atoms with Crippen LogP contribution in [-0.2, 0) is 15.8 Å².